The van der Waals surface area contributed by atoms with E-state index in [1.54, 1.807) is 26.2 Å². The molecule has 0 aliphatic heterocycles. The van der Waals surface area contributed by atoms with Crippen molar-refractivity contribution in [1.29, 1.82) is 0 Å². The lowest BCUT2D eigenvalue weighted by atomic mass is 10.1. The van der Waals surface area contributed by atoms with Gasteiger partial charge in [-0.2, -0.15) is 0 Å². The van der Waals surface area contributed by atoms with Crippen molar-refractivity contribution in [1.82, 2.24) is 0 Å². The van der Waals surface area contributed by atoms with Crippen LogP contribution in [0, 0.1) is 0 Å². The third-order valence-electron chi connectivity index (χ3n) is 4.92. The Labute approximate surface area is 173 Å². The molecule has 1 N–H and O–H groups in total. The van der Waals surface area contributed by atoms with E-state index in [0.717, 1.165) is 16.2 Å². The topological polar surface area (TPSA) is 77.8 Å². The van der Waals surface area contributed by atoms with Crippen LogP contribution in [0.25, 0.3) is 21.7 Å². The molecule has 1 heterocycles. The molecule has 4 rings (SSSR count). The molecule has 30 heavy (non-hydrogen) atoms. The van der Waals surface area contributed by atoms with Crippen molar-refractivity contribution in [3.05, 3.63) is 72.5 Å². The molecule has 0 saturated heterocycles. The van der Waals surface area contributed by atoms with E-state index in [1.165, 1.54) is 6.26 Å². The zero-order valence-corrected chi connectivity index (χ0v) is 16.7. The molecule has 4 aromatic rings. The van der Waals surface area contributed by atoms with Crippen molar-refractivity contribution in [3.8, 4) is 5.75 Å². The summed E-state index contributed by atoms with van der Waals surface area (Å²) < 4.78 is 16.0. The number of ether oxygens (including phenoxy) is 2. The fourth-order valence-corrected chi connectivity index (χ4v) is 3.34. The Balaban J connectivity index is 1.41. The third kappa shape index (κ3) is 3.98. The molecule has 0 aliphatic rings. The van der Waals surface area contributed by atoms with E-state index in [0.29, 0.717) is 22.6 Å². The summed E-state index contributed by atoms with van der Waals surface area (Å²) in [5, 5.41) is 5.59. The number of methoxy groups -OCH3 is 1. The molecule has 152 valence electrons. The Hall–Kier alpha value is -3.80. The van der Waals surface area contributed by atoms with Gasteiger partial charge in [0.25, 0.3) is 5.91 Å². The molecular weight excluding hydrogens is 382 g/mol. The summed E-state index contributed by atoms with van der Waals surface area (Å²) in [5.41, 5.74) is 1.99. The van der Waals surface area contributed by atoms with Gasteiger partial charge >= 0.3 is 5.97 Å². The first-order valence-corrected chi connectivity index (χ1v) is 9.57. The molecule has 6 nitrogen and oxygen atoms in total. The highest BCUT2D eigenvalue weighted by Crippen LogP contribution is 2.26. The third-order valence-corrected chi connectivity index (χ3v) is 4.92. The van der Waals surface area contributed by atoms with Gasteiger partial charge in [-0.15, -0.1) is 0 Å². The van der Waals surface area contributed by atoms with Crippen LogP contribution in [0.5, 0.6) is 5.75 Å². The highest BCUT2D eigenvalue weighted by molar-refractivity contribution is 6.03. The zero-order valence-electron chi connectivity index (χ0n) is 16.7. The van der Waals surface area contributed by atoms with Gasteiger partial charge in [-0.25, -0.2) is 0 Å². The van der Waals surface area contributed by atoms with E-state index in [1.807, 2.05) is 48.5 Å². The first-order valence-electron chi connectivity index (χ1n) is 9.57. The van der Waals surface area contributed by atoms with Gasteiger partial charge in [0.05, 0.1) is 19.8 Å². The van der Waals surface area contributed by atoms with Crippen LogP contribution in [0.2, 0.25) is 0 Å². The average molecular weight is 403 g/mol. The molecule has 3 aromatic carbocycles. The quantitative estimate of drug-likeness (QED) is 0.472. The molecule has 0 spiro atoms. The number of hydrogen-bond acceptors (Lipinski definition) is 5. The fraction of sp³-hybridized carbons (Fsp3) is 0.167. The number of benzene rings is 3. The second-order valence-corrected chi connectivity index (χ2v) is 6.95. The summed E-state index contributed by atoms with van der Waals surface area (Å²) in [6.45, 7) is 1.55. The van der Waals surface area contributed by atoms with Crippen molar-refractivity contribution < 1.29 is 23.5 Å². The van der Waals surface area contributed by atoms with Gasteiger partial charge in [-0.3, -0.25) is 9.59 Å². The number of fused-ring (bicyclic) bond motifs is 2. The molecule has 0 radical (unpaired) electrons. The SMILES string of the molecule is COc1ccc2c(CC(=O)OC(C)C(=O)Nc3cccc4ccccc34)coc2c1. The second-order valence-electron chi connectivity index (χ2n) is 6.95. The van der Waals surface area contributed by atoms with Gasteiger partial charge in [0.15, 0.2) is 6.10 Å². The number of nitrogens with one attached hydrogen (secondary N) is 1. The molecule has 0 saturated carbocycles. The predicted molar refractivity (Wildman–Crippen MR) is 115 cm³/mol. The molecule has 1 unspecified atom stereocenters. The van der Waals surface area contributed by atoms with E-state index >= 15 is 0 Å². The molecule has 0 bridgehead atoms. The zero-order chi connectivity index (χ0) is 21.1. The number of amides is 1. The molecular formula is C24H21NO5. The standard InChI is InChI=1S/C24H21NO5/c1-15(24(27)25-21-9-5-7-16-6-3-4-8-19(16)21)30-23(26)12-17-14-29-22-13-18(28-2)10-11-20(17)22/h3-11,13-15H,12H2,1-2H3,(H,25,27). The minimum absolute atomic E-state index is 0.00518. The summed E-state index contributed by atoms with van der Waals surface area (Å²) in [6, 6.07) is 18.8. The van der Waals surface area contributed by atoms with Gasteiger partial charge in [0.1, 0.15) is 11.3 Å². The van der Waals surface area contributed by atoms with Crippen molar-refractivity contribution >= 4 is 39.3 Å². The Kier molecular flexibility index (Phi) is 5.39. The Morgan fingerprint density at radius 2 is 1.83 bits per heavy atom. The Morgan fingerprint density at radius 1 is 1.03 bits per heavy atom. The van der Waals surface area contributed by atoms with Crippen molar-refractivity contribution in [2.24, 2.45) is 0 Å². The summed E-state index contributed by atoms with van der Waals surface area (Å²) in [7, 11) is 1.58. The summed E-state index contributed by atoms with van der Waals surface area (Å²) in [5.74, 6) is -0.222. The molecule has 1 atom stereocenters. The lowest BCUT2D eigenvalue weighted by molar-refractivity contribution is -0.152. The maximum atomic E-state index is 12.6. The van der Waals surface area contributed by atoms with E-state index in [9.17, 15) is 9.59 Å². The number of carbonyl (C=O) groups is 2. The lowest BCUT2D eigenvalue weighted by Gasteiger charge is -2.14. The minimum Gasteiger partial charge on any atom is -0.497 e. The molecule has 1 amide bonds. The van der Waals surface area contributed by atoms with Crippen molar-refractivity contribution in [2.75, 3.05) is 12.4 Å². The Morgan fingerprint density at radius 3 is 2.67 bits per heavy atom. The normalized spacial score (nSPS) is 11.9. The van der Waals surface area contributed by atoms with E-state index in [4.69, 9.17) is 13.9 Å². The number of esters is 1. The Bertz CT molecular complexity index is 1220. The van der Waals surface area contributed by atoms with Crippen LogP contribution in [-0.4, -0.2) is 25.1 Å². The van der Waals surface area contributed by atoms with Crippen LogP contribution in [0.4, 0.5) is 5.69 Å². The number of rotatable bonds is 6. The van der Waals surface area contributed by atoms with Gasteiger partial charge < -0.3 is 19.2 Å². The van der Waals surface area contributed by atoms with Crippen LogP contribution in [-0.2, 0) is 20.7 Å². The highest BCUT2D eigenvalue weighted by atomic mass is 16.5. The summed E-state index contributed by atoms with van der Waals surface area (Å²) in [6.07, 6.45) is 0.590. The smallest absolute Gasteiger partial charge is 0.311 e. The number of anilines is 1. The van der Waals surface area contributed by atoms with Crippen molar-refractivity contribution in [2.45, 2.75) is 19.4 Å². The van der Waals surface area contributed by atoms with Crippen LogP contribution in [0.3, 0.4) is 0 Å². The van der Waals surface area contributed by atoms with E-state index in [-0.39, 0.29) is 12.3 Å². The number of furan rings is 1. The molecule has 1 aromatic heterocycles. The van der Waals surface area contributed by atoms with E-state index in [2.05, 4.69) is 5.32 Å². The van der Waals surface area contributed by atoms with Crippen LogP contribution < -0.4 is 10.1 Å². The molecule has 0 fully saturated rings. The average Bonchev–Trinajstić information content (AvgIpc) is 3.15. The minimum atomic E-state index is -0.935. The first kappa shape index (κ1) is 19.5. The van der Waals surface area contributed by atoms with Gasteiger partial charge in [0.2, 0.25) is 0 Å². The lowest BCUT2D eigenvalue weighted by Crippen LogP contribution is -2.30. The van der Waals surface area contributed by atoms with Crippen LogP contribution in [0.15, 0.2) is 71.3 Å². The fourth-order valence-electron chi connectivity index (χ4n) is 3.34. The van der Waals surface area contributed by atoms with Crippen molar-refractivity contribution in [3.63, 3.8) is 0 Å². The summed E-state index contributed by atoms with van der Waals surface area (Å²) in [4.78, 5) is 24.9. The second kappa shape index (κ2) is 8.29. The molecule has 6 heteroatoms. The monoisotopic (exact) mass is 403 g/mol. The maximum Gasteiger partial charge on any atom is 0.311 e. The van der Waals surface area contributed by atoms with Crippen LogP contribution in [0.1, 0.15) is 12.5 Å². The highest BCUT2D eigenvalue weighted by Gasteiger charge is 2.20. The summed E-state index contributed by atoms with van der Waals surface area (Å²) >= 11 is 0. The van der Waals surface area contributed by atoms with Gasteiger partial charge in [-0.05, 0) is 30.5 Å². The largest absolute Gasteiger partial charge is 0.497 e. The predicted octanol–water partition coefficient (Wildman–Crippen LogP) is 4.71. The van der Waals surface area contributed by atoms with Gasteiger partial charge in [0, 0.05) is 28.1 Å². The van der Waals surface area contributed by atoms with E-state index < -0.39 is 12.1 Å². The molecule has 0 aliphatic carbocycles. The first-order chi connectivity index (χ1) is 14.5. The van der Waals surface area contributed by atoms with Crippen LogP contribution >= 0.6 is 0 Å². The number of carbonyl (C=O) groups excluding carboxylic acids is 2. The maximum absolute atomic E-state index is 12.6. The van der Waals surface area contributed by atoms with Gasteiger partial charge in [-0.1, -0.05) is 36.4 Å². The number of hydrogen-bond donors (Lipinski definition) is 1.